The number of nitrogens with zero attached hydrogens (tertiary/aromatic N) is 1. The summed E-state index contributed by atoms with van der Waals surface area (Å²) < 4.78 is 0. The van der Waals surface area contributed by atoms with Crippen LogP contribution in [0.4, 0.5) is 5.69 Å². The third kappa shape index (κ3) is 4.21. The number of nitrogens with two attached hydrogens (primary N) is 1. The van der Waals surface area contributed by atoms with Crippen LogP contribution in [0.15, 0.2) is 24.3 Å². The van der Waals surface area contributed by atoms with Crippen molar-refractivity contribution in [2.24, 2.45) is 11.7 Å². The van der Waals surface area contributed by atoms with E-state index >= 15 is 0 Å². The average Bonchev–Trinajstić information content (AvgIpc) is 2.29. The van der Waals surface area contributed by atoms with Crippen LogP contribution in [0.2, 0.25) is 0 Å². The third-order valence-electron chi connectivity index (χ3n) is 2.24. The standard InChI is InChI=1S/C12H13N3OS/c1-8(6-11(14)17)12(16)15-10-4-2-9(7-13)3-5-10/h2-5,8H,6H2,1H3,(H2,14,17)(H,15,16). The highest BCUT2D eigenvalue weighted by Gasteiger charge is 2.13. The van der Waals surface area contributed by atoms with Gasteiger partial charge in [0.15, 0.2) is 0 Å². The van der Waals surface area contributed by atoms with Crippen molar-refractivity contribution in [2.45, 2.75) is 13.3 Å². The van der Waals surface area contributed by atoms with E-state index in [0.29, 0.717) is 22.7 Å². The van der Waals surface area contributed by atoms with E-state index in [0.717, 1.165) is 0 Å². The fraction of sp³-hybridized carbons (Fsp3) is 0.250. The summed E-state index contributed by atoms with van der Waals surface area (Å²) in [6.45, 7) is 1.76. The number of thiocarbonyl (C=S) groups is 1. The Balaban J connectivity index is 2.61. The van der Waals surface area contributed by atoms with Gasteiger partial charge in [0.05, 0.1) is 16.6 Å². The molecule has 17 heavy (non-hydrogen) atoms. The number of benzene rings is 1. The zero-order valence-corrected chi connectivity index (χ0v) is 10.3. The Kier molecular flexibility index (Phi) is 4.61. The molecule has 0 radical (unpaired) electrons. The van der Waals surface area contributed by atoms with E-state index in [2.05, 4.69) is 5.32 Å². The SMILES string of the molecule is CC(CC(N)=S)C(=O)Nc1ccc(C#N)cc1. The molecule has 1 rings (SSSR count). The molecule has 0 heterocycles. The van der Waals surface area contributed by atoms with Gasteiger partial charge in [0.1, 0.15) is 0 Å². The van der Waals surface area contributed by atoms with Crippen LogP contribution in [-0.2, 0) is 4.79 Å². The van der Waals surface area contributed by atoms with Gasteiger partial charge in [-0.25, -0.2) is 0 Å². The van der Waals surface area contributed by atoms with Crippen LogP contribution in [0.5, 0.6) is 0 Å². The molecule has 0 saturated heterocycles. The first-order valence-corrected chi connectivity index (χ1v) is 5.53. The van der Waals surface area contributed by atoms with E-state index in [4.69, 9.17) is 23.2 Å². The Morgan fingerprint density at radius 2 is 2.12 bits per heavy atom. The largest absolute Gasteiger partial charge is 0.393 e. The topological polar surface area (TPSA) is 78.9 Å². The number of amides is 1. The predicted molar refractivity (Wildman–Crippen MR) is 70.4 cm³/mol. The molecular formula is C12H13N3OS. The quantitative estimate of drug-likeness (QED) is 0.795. The van der Waals surface area contributed by atoms with Crippen LogP contribution < -0.4 is 11.1 Å². The molecule has 0 aliphatic carbocycles. The van der Waals surface area contributed by atoms with E-state index in [1.165, 1.54) is 0 Å². The number of nitriles is 1. The second-order valence-electron chi connectivity index (χ2n) is 3.75. The minimum atomic E-state index is -0.261. The number of hydrogen-bond acceptors (Lipinski definition) is 3. The molecule has 0 aromatic heterocycles. The molecule has 4 nitrogen and oxygen atoms in total. The number of rotatable bonds is 4. The molecule has 88 valence electrons. The van der Waals surface area contributed by atoms with Crippen molar-refractivity contribution in [1.82, 2.24) is 0 Å². The van der Waals surface area contributed by atoms with Gasteiger partial charge in [-0.1, -0.05) is 19.1 Å². The lowest BCUT2D eigenvalue weighted by molar-refractivity contribution is -0.119. The van der Waals surface area contributed by atoms with Crippen LogP contribution in [0.1, 0.15) is 18.9 Å². The molecule has 1 amide bonds. The number of anilines is 1. The van der Waals surface area contributed by atoms with Gasteiger partial charge in [-0.3, -0.25) is 4.79 Å². The van der Waals surface area contributed by atoms with Crippen molar-refractivity contribution in [1.29, 1.82) is 5.26 Å². The number of carbonyl (C=O) groups is 1. The molecular weight excluding hydrogens is 234 g/mol. The van der Waals surface area contributed by atoms with Crippen molar-refractivity contribution >= 4 is 28.8 Å². The third-order valence-corrected chi connectivity index (χ3v) is 2.40. The van der Waals surface area contributed by atoms with Gasteiger partial charge in [0, 0.05) is 18.0 Å². The molecule has 1 aromatic carbocycles. The van der Waals surface area contributed by atoms with Crippen LogP contribution in [0.25, 0.3) is 0 Å². The van der Waals surface area contributed by atoms with Gasteiger partial charge >= 0.3 is 0 Å². The second-order valence-corrected chi connectivity index (χ2v) is 4.27. The summed E-state index contributed by atoms with van der Waals surface area (Å²) in [6, 6.07) is 8.67. The molecule has 1 atom stereocenters. The van der Waals surface area contributed by atoms with Crippen molar-refractivity contribution in [3.8, 4) is 6.07 Å². The van der Waals surface area contributed by atoms with Crippen LogP contribution in [-0.4, -0.2) is 10.9 Å². The summed E-state index contributed by atoms with van der Waals surface area (Å²) in [4.78, 5) is 12.0. The Morgan fingerprint density at radius 1 is 1.53 bits per heavy atom. The van der Waals surface area contributed by atoms with Crippen molar-refractivity contribution in [3.63, 3.8) is 0 Å². The Hall–Kier alpha value is -1.93. The Bertz CT molecular complexity index is 462. The normalized spacial score (nSPS) is 11.3. The van der Waals surface area contributed by atoms with Crippen LogP contribution in [0.3, 0.4) is 0 Å². The zero-order valence-electron chi connectivity index (χ0n) is 9.43. The zero-order chi connectivity index (χ0) is 12.8. The van der Waals surface area contributed by atoms with E-state index in [-0.39, 0.29) is 11.8 Å². The fourth-order valence-electron chi connectivity index (χ4n) is 1.29. The minimum absolute atomic E-state index is 0.137. The van der Waals surface area contributed by atoms with Gasteiger partial charge in [-0.2, -0.15) is 5.26 Å². The maximum absolute atomic E-state index is 11.7. The van der Waals surface area contributed by atoms with Crippen molar-refractivity contribution < 1.29 is 4.79 Å². The first kappa shape index (κ1) is 13.1. The fourth-order valence-corrected chi connectivity index (χ4v) is 1.54. The minimum Gasteiger partial charge on any atom is -0.393 e. The molecule has 3 N–H and O–H groups in total. The summed E-state index contributed by atoms with van der Waals surface area (Å²) >= 11 is 4.75. The lowest BCUT2D eigenvalue weighted by atomic mass is 10.1. The summed E-state index contributed by atoms with van der Waals surface area (Å²) in [6.07, 6.45) is 0.386. The summed E-state index contributed by atoms with van der Waals surface area (Å²) in [5, 5.41) is 11.4. The highest BCUT2D eigenvalue weighted by Crippen LogP contribution is 2.11. The van der Waals surface area contributed by atoms with E-state index < -0.39 is 0 Å². The molecule has 0 aliphatic heterocycles. The van der Waals surface area contributed by atoms with Crippen molar-refractivity contribution in [2.75, 3.05) is 5.32 Å². The molecule has 0 aliphatic rings. The van der Waals surface area contributed by atoms with E-state index in [1.807, 2.05) is 6.07 Å². The number of carbonyl (C=O) groups excluding carboxylic acids is 1. The molecule has 0 saturated carbocycles. The van der Waals surface area contributed by atoms with Gasteiger partial charge in [0.2, 0.25) is 5.91 Å². The molecule has 0 spiro atoms. The van der Waals surface area contributed by atoms with Crippen LogP contribution in [0, 0.1) is 17.2 Å². The number of nitrogens with one attached hydrogen (secondary N) is 1. The Labute approximate surface area is 105 Å². The summed E-state index contributed by atoms with van der Waals surface area (Å²) in [7, 11) is 0. The van der Waals surface area contributed by atoms with Gasteiger partial charge in [-0.15, -0.1) is 0 Å². The monoisotopic (exact) mass is 247 g/mol. The van der Waals surface area contributed by atoms with Gasteiger partial charge in [0.25, 0.3) is 0 Å². The Morgan fingerprint density at radius 3 is 2.59 bits per heavy atom. The lowest BCUT2D eigenvalue weighted by Crippen LogP contribution is -2.24. The highest BCUT2D eigenvalue weighted by atomic mass is 32.1. The predicted octanol–water partition coefficient (Wildman–Crippen LogP) is 1.81. The first-order valence-electron chi connectivity index (χ1n) is 5.12. The van der Waals surface area contributed by atoms with Crippen LogP contribution >= 0.6 is 12.2 Å². The second kappa shape index (κ2) is 5.97. The maximum atomic E-state index is 11.7. The van der Waals surface area contributed by atoms with Gasteiger partial charge < -0.3 is 11.1 Å². The molecule has 1 aromatic rings. The van der Waals surface area contributed by atoms with E-state index in [9.17, 15) is 4.79 Å². The number of hydrogen-bond donors (Lipinski definition) is 2. The summed E-state index contributed by atoms with van der Waals surface area (Å²) in [5.74, 6) is -0.398. The van der Waals surface area contributed by atoms with Gasteiger partial charge in [-0.05, 0) is 24.3 Å². The molecule has 1 unspecified atom stereocenters. The summed E-state index contributed by atoms with van der Waals surface area (Å²) in [5.41, 5.74) is 6.59. The average molecular weight is 247 g/mol. The smallest absolute Gasteiger partial charge is 0.227 e. The lowest BCUT2D eigenvalue weighted by Gasteiger charge is -2.11. The highest BCUT2D eigenvalue weighted by molar-refractivity contribution is 7.80. The molecule has 5 heteroatoms. The first-order chi connectivity index (χ1) is 8.02. The van der Waals surface area contributed by atoms with Crippen molar-refractivity contribution in [3.05, 3.63) is 29.8 Å². The maximum Gasteiger partial charge on any atom is 0.227 e. The molecule has 0 fully saturated rings. The van der Waals surface area contributed by atoms with E-state index in [1.54, 1.807) is 31.2 Å². The molecule has 0 bridgehead atoms.